The summed E-state index contributed by atoms with van der Waals surface area (Å²) in [5.74, 6) is -4.63. The molecule has 0 bridgehead atoms. The van der Waals surface area contributed by atoms with Crippen LogP contribution in [0.25, 0.3) is 22.2 Å². The summed E-state index contributed by atoms with van der Waals surface area (Å²) < 4.78 is 86.1. The number of aromatic nitrogens is 2. The minimum absolute atomic E-state index is 0.00645. The molecule has 1 saturated heterocycles. The number of carbonyl (C=O) groups excluding carboxylic acids is 1. The van der Waals surface area contributed by atoms with Crippen LogP contribution in [-0.2, 0) is 17.2 Å². The predicted molar refractivity (Wildman–Crippen MR) is 112 cm³/mol. The summed E-state index contributed by atoms with van der Waals surface area (Å²) in [6.07, 6.45) is -6.90. The number of carbonyl (C=O) groups is 1. The summed E-state index contributed by atoms with van der Waals surface area (Å²) in [6, 6.07) is 10.7. The molecular weight excluding hydrogens is 464 g/mol. The van der Waals surface area contributed by atoms with Crippen molar-refractivity contribution in [2.24, 2.45) is 0 Å². The first-order chi connectivity index (χ1) is 16.1. The van der Waals surface area contributed by atoms with Gasteiger partial charge in [0.2, 0.25) is 0 Å². The number of halogens is 6. The molecule has 11 heteroatoms. The number of morpholine rings is 1. The monoisotopic (exact) mass is 485 g/mol. The van der Waals surface area contributed by atoms with Gasteiger partial charge in [0.25, 0.3) is 18.8 Å². The molecule has 0 spiro atoms. The first-order valence-corrected chi connectivity index (χ1v) is 10.5. The first-order valence-electron chi connectivity index (χ1n) is 10.5. The van der Waals surface area contributed by atoms with E-state index in [1.165, 1.54) is 23.1 Å². The number of imidazole rings is 1. The SMILES string of the molecule is CC(F)(F)c1nc2c(-c3ccc(C(=O)N4CCOC(C(F)F)C4)cc3)cccc2n1CC(F)F. The van der Waals surface area contributed by atoms with Gasteiger partial charge < -0.3 is 14.2 Å². The van der Waals surface area contributed by atoms with Crippen molar-refractivity contribution >= 4 is 16.9 Å². The molecule has 2 heterocycles. The normalized spacial score (nSPS) is 17.2. The van der Waals surface area contributed by atoms with Crippen LogP contribution in [0.4, 0.5) is 26.3 Å². The molecule has 1 amide bonds. The Labute approximate surface area is 190 Å². The maximum Gasteiger partial charge on any atom is 0.302 e. The van der Waals surface area contributed by atoms with Crippen molar-refractivity contribution in [1.29, 1.82) is 0 Å². The Morgan fingerprint density at radius 3 is 2.47 bits per heavy atom. The Morgan fingerprint density at radius 2 is 1.85 bits per heavy atom. The van der Waals surface area contributed by atoms with Crippen LogP contribution in [0.1, 0.15) is 23.1 Å². The number of hydrogen-bond acceptors (Lipinski definition) is 3. The summed E-state index contributed by atoms with van der Waals surface area (Å²) in [5.41, 5.74) is 1.49. The third kappa shape index (κ3) is 4.75. The fraction of sp³-hybridized carbons (Fsp3) is 0.391. The van der Waals surface area contributed by atoms with Gasteiger partial charge in [-0.2, -0.15) is 8.78 Å². The van der Waals surface area contributed by atoms with Crippen LogP contribution >= 0.6 is 0 Å². The lowest BCUT2D eigenvalue weighted by atomic mass is 10.0. The van der Waals surface area contributed by atoms with Crippen molar-refractivity contribution in [3.05, 3.63) is 53.9 Å². The number of rotatable bonds is 6. The number of alkyl halides is 6. The van der Waals surface area contributed by atoms with Gasteiger partial charge in [-0.3, -0.25) is 4.79 Å². The summed E-state index contributed by atoms with van der Waals surface area (Å²) in [5, 5.41) is 0. The Balaban J connectivity index is 1.66. The van der Waals surface area contributed by atoms with Crippen molar-refractivity contribution in [1.82, 2.24) is 14.5 Å². The molecule has 1 aromatic heterocycles. The molecule has 0 saturated carbocycles. The van der Waals surface area contributed by atoms with Gasteiger partial charge in [-0.1, -0.05) is 24.3 Å². The van der Waals surface area contributed by atoms with Crippen molar-refractivity contribution < 1.29 is 35.9 Å². The number of ether oxygens (including phenoxy) is 1. The summed E-state index contributed by atoms with van der Waals surface area (Å²) in [4.78, 5) is 18.0. The Bertz CT molecular complexity index is 1170. The lowest BCUT2D eigenvalue weighted by Crippen LogP contribution is -2.48. The van der Waals surface area contributed by atoms with Crippen LogP contribution in [0.15, 0.2) is 42.5 Å². The summed E-state index contributed by atoms with van der Waals surface area (Å²) in [7, 11) is 0. The Morgan fingerprint density at radius 1 is 1.15 bits per heavy atom. The zero-order valence-corrected chi connectivity index (χ0v) is 18.0. The maximum atomic E-state index is 14.1. The molecule has 0 N–H and O–H groups in total. The van der Waals surface area contributed by atoms with Gasteiger partial charge in [-0.15, -0.1) is 0 Å². The molecule has 0 aliphatic carbocycles. The van der Waals surface area contributed by atoms with E-state index in [0.717, 1.165) is 4.57 Å². The molecule has 4 rings (SSSR count). The molecule has 2 aromatic carbocycles. The minimum atomic E-state index is -3.43. The lowest BCUT2D eigenvalue weighted by molar-refractivity contribution is -0.0942. The van der Waals surface area contributed by atoms with Gasteiger partial charge in [-0.25, -0.2) is 22.5 Å². The topological polar surface area (TPSA) is 47.4 Å². The molecule has 182 valence electrons. The van der Waals surface area contributed by atoms with Crippen LogP contribution in [0, 0.1) is 0 Å². The highest BCUT2D eigenvalue weighted by Gasteiger charge is 2.34. The number of nitrogens with zero attached hydrogens (tertiary/aromatic N) is 3. The molecule has 1 unspecified atom stereocenters. The molecule has 0 radical (unpaired) electrons. The lowest BCUT2D eigenvalue weighted by Gasteiger charge is -2.32. The molecule has 5 nitrogen and oxygen atoms in total. The largest absolute Gasteiger partial charge is 0.369 e. The zero-order chi connectivity index (χ0) is 24.6. The molecule has 34 heavy (non-hydrogen) atoms. The number of hydrogen-bond donors (Lipinski definition) is 0. The highest BCUT2D eigenvalue weighted by atomic mass is 19.3. The van der Waals surface area contributed by atoms with E-state index in [9.17, 15) is 31.1 Å². The van der Waals surface area contributed by atoms with Crippen LogP contribution in [0.5, 0.6) is 0 Å². The smallest absolute Gasteiger partial charge is 0.302 e. The van der Waals surface area contributed by atoms with Gasteiger partial charge in [0.1, 0.15) is 6.10 Å². The van der Waals surface area contributed by atoms with Crippen LogP contribution in [0.2, 0.25) is 0 Å². The maximum absolute atomic E-state index is 14.1. The number of para-hydroxylation sites is 1. The van der Waals surface area contributed by atoms with E-state index in [1.807, 2.05) is 0 Å². The van der Waals surface area contributed by atoms with Crippen LogP contribution in [-0.4, -0.2) is 59.0 Å². The molecular formula is C23H21F6N3O2. The van der Waals surface area contributed by atoms with E-state index >= 15 is 0 Å². The van der Waals surface area contributed by atoms with Gasteiger partial charge >= 0.3 is 5.92 Å². The van der Waals surface area contributed by atoms with Crippen molar-refractivity contribution in [3.8, 4) is 11.1 Å². The second-order valence-electron chi connectivity index (χ2n) is 8.07. The average Bonchev–Trinajstić information content (AvgIpc) is 3.17. The third-order valence-electron chi connectivity index (χ3n) is 5.60. The minimum Gasteiger partial charge on any atom is -0.369 e. The molecule has 1 fully saturated rings. The summed E-state index contributed by atoms with van der Waals surface area (Å²) in [6.45, 7) is -0.371. The van der Waals surface area contributed by atoms with E-state index < -0.39 is 43.2 Å². The fourth-order valence-corrected chi connectivity index (χ4v) is 4.03. The van der Waals surface area contributed by atoms with E-state index in [-0.39, 0.29) is 36.3 Å². The van der Waals surface area contributed by atoms with Crippen molar-refractivity contribution in [2.45, 2.75) is 38.3 Å². The highest BCUT2D eigenvalue weighted by molar-refractivity contribution is 5.96. The Hall–Kier alpha value is -3.08. The fourth-order valence-electron chi connectivity index (χ4n) is 4.03. The van der Waals surface area contributed by atoms with Crippen molar-refractivity contribution in [2.75, 3.05) is 19.7 Å². The molecule has 1 aliphatic heterocycles. The van der Waals surface area contributed by atoms with Crippen molar-refractivity contribution in [3.63, 3.8) is 0 Å². The molecule has 1 atom stereocenters. The average molecular weight is 485 g/mol. The first kappa shape index (κ1) is 24.1. The van der Waals surface area contributed by atoms with Gasteiger partial charge in [0, 0.05) is 24.6 Å². The Kier molecular flexibility index (Phi) is 6.57. The van der Waals surface area contributed by atoms with Gasteiger partial charge in [0.15, 0.2) is 5.82 Å². The standard InChI is InChI=1S/C23H21F6N3O2/c1-23(28,29)22-30-19-15(3-2-4-16(19)32(22)12-18(24)25)13-5-7-14(8-6-13)21(33)31-9-10-34-17(11-31)20(26)27/h2-8,17-18,20H,9-12H2,1H3. The van der Waals surface area contributed by atoms with E-state index in [1.54, 1.807) is 24.3 Å². The highest BCUT2D eigenvalue weighted by Crippen LogP contribution is 2.35. The van der Waals surface area contributed by atoms with Gasteiger partial charge in [0.05, 0.1) is 30.7 Å². The number of fused-ring (bicyclic) bond motifs is 1. The summed E-state index contributed by atoms with van der Waals surface area (Å²) >= 11 is 0. The van der Waals surface area contributed by atoms with Gasteiger partial charge in [-0.05, 0) is 23.8 Å². The van der Waals surface area contributed by atoms with E-state index in [2.05, 4.69) is 4.98 Å². The third-order valence-corrected chi connectivity index (χ3v) is 5.60. The second-order valence-corrected chi connectivity index (χ2v) is 8.07. The number of benzene rings is 2. The molecule has 3 aromatic rings. The van der Waals surface area contributed by atoms with Crippen LogP contribution < -0.4 is 0 Å². The predicted octanol–water partition coefficient (Wildman–Crippen LogP) is 5.19. The van der Waals surface area contributed by atoms with E-state index in [0.29, 0.717) is 18.1 Å². The number of amides is 1. The molecule has 1 aliphatic rings. The van der Waals surface area contributed by atoms with Crippen LogP contribution in [0.3, 0.4) is 0 Å². The van der Waals surface area contributed by atoms with E-state index in [4.69, 9.17) is 4.74 Å². The second kappa shape index (κ2) is 9.28. The zero-order valence-electron chi connectivity index (χ0n) is 18.0. The quantitative estimate of drug-likeness (QED) is 0.452.